The first-order valence-electron chi connectivity index (χ1n) is 9.86. The zero-order valence-electron chi connectivity index (χ0n) is 16.8. The number of likely N-dealkylation sites (tertiary alicyclic amines) is 1. The number of methoxy groups -OCH3 is 1. The average Bonchev–Trinajstić information content (AvgIpc) is 3.08. The molecule has 0 bridgehead atoms. The minimum Gasteiger partial charge on any atom is -0.465 e. The van der Waals surface area contributed by atoms with Crippen LogP contribution in [0.5, 0.6) is 0 Å². The van der Waals surface area contributed by atoms with Gasteiger partial charge >= 0.3 is 5.97 Å². The van der Waals surface area contributed by atoms with Crippen molar-refractivity contribution >= 4 is 34.1 Å². The van der Waals surface area contributed by atoms with Gasteiger partial charge in [-0.15, -0.1) is 11.3 Å². The Hall–Kier alpha value is -2.67. The maximum Gasteiger partial charge on any atom is 0.341 e. The Kier molecular flexibility index (Phi) is 7.04. The van der Waals surface area contributed by atoms with Crippen molar-refractivity contribution in [1.82, 2.24) is 4.90 Å². The molecule has 1 fully saturated rings. The number of nitrogens with one attached hydrogen (secondary N) is 1. The lowest BCUT2D eigenvalue weighted by molar-refractivity contribution is -0.116. The number of anilines is 1. The highest BCUT2D eigenvalue weighted by molar-refractivity contribution is 7.18. The number of nitrogens with zero attached hydrogens (tertiary/aromatic N) is 1. The SMILES string of the molecule is COC(=O)c1c(NC(=O)CCc2ccccc2)sc(C(=O)N2CCCCC2)c1C. The van der Waals surface area contributed by atoms with Gasteiger partial charge in [-0.2, -0.15) is 0 Å². The number of carbonyl (C=O) groups excluding carboxylic acids is 3. The summed E-state index contributed by atoms with van der Waals surface area (Å²) in [6.45, 7) is 3.19. The number of thiophene rings is 1. The van der Waals surface area contributed by atoms with E-state index < -0.39 is 5.97 Å². The van der Waals surface area contributed by atoms with E-state index in [0.29, 0.717) is 21.9 Å². The van der Waals surface area contributed by atoms with Crippen molar-refractivity contribution in [1.29, 1.82) is 0 Å². The van der Waals surface area contributed by atoms with Crippen LogP contribution in [0, 0.1) is 6.92 Å². The van der Waals surface area contributed by atoms with Crippen molar-refractivity contribution in [2.24, 2.45) is 0 Å². The molecule has 3 rings (SSSR count). The smallest absolute Gasteiger partial charge is 0.341 e. The molecule has 1 N–H and O–H groups in total. The highest BCUT2D eigenvalue weighted by Crippen LogP contribution is 2.35. The molecule has 29 heavy (non-hydrogen) atoms. The number of rotatable bonds is 6. The summed E-state index contributed by atoms with van der Waals surface area (Å²) < 4.78 is 4.90. The van der Waals surface area contributed by atoms with Crippen molar-refractivity contribution in [3.8, 4) is 0 Å². The summed E-state index contributed by atoms with van der Waals surface area (Å²) >= 11 is 1.16. The molecule has 1 aliphatic rings. The number of hydrogen-bond acceptors (Lipinski definition) is 5. The van der Waals surface area contributed by atoms with Crippen LogP contribution in [0.1, 0.15) is 56.8 Å². The van der Waals surface area contributed by atoms with E-state index in [9.17, 15) is 14.4 Å². The number of esters is 1. The van der Waals surface area contributed by atoms with Crippen LogP contribution >= 0.6 is 11.3 Å². The highest BCUT2D eigenvalue weighted by Gasteiger charge is 2.29. The lowest BCUT2D eigenvalue weighted by atomic mass is 10.1. The summed E-state index contributed by atoms with van der Waals surface area (Å²) in [5, 5.41) is 3.21. The predicted octanol–water partition coefficient (Wildman–Crippen LogP) is 4.04. The van der Waals surface area contributed by atoms with Crippen LogP contribution in [0.2, 0.25) is 0 Å². The van der Waals surface area contributed by atoms with Crippen LogP contribution in [-0.4, -0.2) is 42.9 Å². The molecule has 2 amide bonds. The van der Waals surface area contributed by atoms with Crippen molar-refractivity contribution in [3.05, 3.63) is 51.9 Å². The molecule has 154 valence electrons. The van der Waals surface area contributed by atoms with E-state index >= 15 is 0 Å². The van der Waals surface area contributed by atoms with Crippen LogP contribution < -0.4 is 5.32 Å². The largest absolute Gasteiger partial charge is 0.465 e. The molecule has 1 aromatic heterocycles. The van der Waals surface area contributed by atoms with Crippen LogP contribution in [0.15, 0.2) is 30.3 Å². The van der Waals surface area contributed by atoms with Gasteiger partial charge in [0.2, 0.25) is 5.91 Å². The molecule has 0 unspecified atom stereocenters. The van der Waals surface area contributed by atoms with Crippen LogP contribution in [-0.2, 0) is 16.0 Å². The molecule has 1 aliphatic heterocycles. The number of aryl methyl sites for hydroxylation is 1. The van der Waals surface area contributed by atoms with E-state index in [1.165, 1.54) is 7.11 Å². The molecule has 7 heteroatoms. The second-order valence-corrected chi connectivity index (χ2v) is 8.16. The monoisotopic (exact) mass is 414 g/mol. The van der Waals surface area contributed by atoms with Crippen molar-refractivity contribution in [3.63, 3.8) is 0 Å². The fourth-order valence-corrected chi connectivity index (χ4v) is 4.66. The number of carbonyl (C=O) groups is 3. The molecular weight excluding hydrogens is 388 g/mol. The third-order valence-electron chi connectivity index (χ3n) is 5.11. The molecule has 6 nitrogen and oxygen atoms in total. The number of benzene rings is 1. The normalized spacial score (nSPS) is 13.8. The van der Waals surface area contributed by atoms with E-state index in [2.05, 4.69) is 5.32 Å². The Bertz CT molecular complexity index is 886. The van der Waals surface area contributed by atoms with E-state index in [1.54, 1.807) is 6.92 Å². The third-order valence-corrected chi connectivity index (χ3v) is 6.31. The van der Waals surface area contributed by atoms with Gasteiger partial charge in [0.15, 0.2) is 0 Å². The molecule has 0 atom stereocenters. The zero-order valence-corrected chi connectivity index (χ0v) is 17.6. The molecule has 0 aliphatic carbocycles. The third kappa shape index (κ3) is 5.03. The average molecular weight is 415 g/mol. The molecule has 2 aromatic rings. The Balaban J connectivity index is 1.78. The Labute approximate surface area is 174 Å². The summed E-state index contributed by atoms with van der Waals surface area (Å²) in [5.74, 6) is -0.825. The van der Waals surface area contributed by atoms with Gasteiger partial charge in [-0.1, -0.05) is 30.3 Å². The molecule has 0 spiro atoms. The number of ether oxygens (including phenoxy) is 1. The zero-order chi connectivity index (χ0) is 20.8. The van der Waals surface area contributed by atoms with Crippen molar-refractivity contribution < 1.29 is 19.1 Å². The second kappa shape index (κ2) is 9.69. The first-order valence-corrected chi connectivity index (χ1v) is 10.7. The van der Waals surface area contributed by atoms with Gasteiger partial charge in [0, 0.05) is 19.5 Å². The molecule has 0 saturated carbocycles. The summed E-state index contributed by atoms with van der Waals surface area (Å²) in [6.07, 6.45) is 4.00. The van der Waals surface area contributed by atoms with E-state index in [0.717, 1.165) is 49.3 Å². The van der Waals surface area contributed by atoms with Gasteiger partial charge in [-0.25, -0.2) is 4.79 Å². The van der Waals surface area contributed by atoms with Gasteiger partial charge in [-0.3, -0.25) is 9.59 Å². The molecule has 2 heterocycles. The van der Waals surface area contributed by atoms with Gasteiger partial charge in [0.25, 0.3) is 5.91 Å². The Morgan fingerprint density at radius 3 is 2.45 bits per heavy atom. The van der Waals surface area contributed by atoms with Gasteiger partial charge in [-0.05, 0) is 43.7 Å². The van der Waals surface area contributed by atoms with E-state index in [4.69, 9.17) is 4.74 Å². The van der Waals surface area contributed by atoms with Crippen LogP contribution in [0.4, 0.5) is 5.00 Å². The fraction of sp³-hybridized carbons (Fsp3) is 0.409. The molecule has 1 aromatic carbocycles. The Morgan fingerprint density at radius 2 is 1.79 bits per heavy atom. The quantitative estimate of drug-likeness (QED) is 0.724. The van der Waals surface area contributed by atoms with E-state index in [-0.39, 0.29) is 23.8 Å². The first kappa shape index (κ1) is 21.0. The topological polar surface area (TPSA) is 75.7 Å². The van der Waals surface area contributed by atoms with Gasteiger partial charge in [0.1, 0.15) is 5.00 Å². The van der Waals surface area contributed by atoms with E-state index in [1.807, 2.05) is 35.2 Å². The summed E-state index contributed by atoms with van der Waals surface area (Å²) in [5.41, 5.74) is 1.90. The predicted molar refractivity (Wildman–Crippen MR) is 114 cm³/mol. The number of piperidine rings is 1. The number of amides is 2. The van der Waals surface area contributed by atoms with Crippen molar-refractivity contribution in [2.75, 3.05) is 25.5 Å². The highest BCUT2D eigenvalue weighted by atomic mass is 32.1. The lowest BCUT2D eigenvalue weighted by Gasteiger charge is -2.26. The summed E-state index contributed by atoms with van der Waals surface area (Å²) in [6, 6.07) is 9.74. The fourth-order valence-electron chi connectivity index (χ4n) is 3.49. The summed E-state index contributed by atoms with van der Waals surface area (Å²) in [4.78, 5) is 40.1. The minimum atomic E-state index is -0.546. The minimum absolute atomic E-state index is 0.0814. The van der Waals surface area contributed by atoms with Gasteiger partial charge < -0.3 is 15.0 Å². The second-order valence-electron chi connectivity index (χ2n) is 7.14. The molecular formula is C22H26N2O4S. The maximum atomic E-state index is 13.0. The first-order chi connectivity index (χ1) is 14.0. The summed E-state index contributed by atoms with van der Waals surface area (Å²) in [7, 11) is 1.30. The lowest BCUT2D eigenvalue weighted by Crippen LogP contribution is -2.35. The van der Waals surface area contributed by atoms with Crippen LogP contribution in [0.3, 0.4) is 0 Å². The maximum absolute atomic E-state index is 13.0. The standard InChI is InChI=1S/C22H26N2O4S/c1-15-18(22(27)28-2)20(23-17(25)12-11-16-9-5-3-6-10-16)29-19(15)21(26)24-13-7-4-8-14-24/h3,5-6,9-10H,4,7-8,11-14H2,1-2H3,(H,23,25). The Morgan fingerprint density at radius 1 is 1.10 bits per heavy atom. The van der Waals surface area contributed by atoms with Gasteiger partial charge in [0.05, 0.1) is 17.6 Å². The number of hydrogen-bond donors (Lipinski definition) is 1. The van der Waals surface area contributed by atoms with Crippen molar-refractivity contribution in [2.45, 2.75) is 39.0 Å². The molecule has 0 radical (unpaired) electrons. The van der Waals surface area contributed by atoms with Crippen LogP contribution in [0.25, 0.3) is 0 Å². The molecule has 1 saturated heterocycles.